The van der Waals surface area contributed by atoms with Crippen molar-refractivity contribution in [2.24, 2.45) is 0 Å². The van der Waals surface area contributed by atoms with Gasteiger partial charge in [0.1, 0.15) is 5.82 Å². The van der Waals surface area contributed by atoms with Crippen LogP contribution in [0.15, 0.2) is 48.7 Å². The second kappa shape index (κ2) is 7.79. The smallest absolute Gasteiger partial charge is 0.233 e. The summed E-state index contributed by atoms with van der Waals surface area (Å²) >= 11 is 0. The summed E-state index contributed by atoms with van der Waals surface area (Å²) < 4.78 is 25.3. The van der Waals surface area contributed by atoms with E-state index in [2.05, 4.69) is 27.2 Å². The second-order valence-corrected chi connectivity index (χ2v) is 6.96. The molecule has 1 heterocycles. The van der Waals surface area contributed by atoms with E-state index in [-0.39, 0.29) is 5.75 Å². The SMILES string of the molecule is CCS(=O)(=O)Nc1ccc(NCCCc2ccccc2)cn1. The Kier molecular flexibility index (Phi) is 5.77. The minimum Gasteiger partial charge on any atom is -0.384 e. The maximum absolute atomic E-state index is 11.4. The van der Waals surface area contributed by atoms with Crippen molar-refractivity contribution in [3.05, 3.63) is 54.2 Å². The van der Waals surface area contributed by atoms with Crippen LogP contribution in [0.4, 0.5) is 11.5 Å². The minimum atomic E-state index is -3.27. The predicted octanol–water partition coefficient (Wildman–Crippen LogP) is 2.89. The highest BCUT2D eigenvalue weighted by Crippen LogP contribution is 2.11. The first kappa shape index (κ1) is 16.3. The number of pyridine rings is 1. The summed E-state index contributed by atoms with van der Waals surface area (Å²) in [4.78, 5) is 4.10. The molecule has 1 aromatic heterocycles. The molecule has 0 fully saturated rings. The highest BCUT2D eigenvalue weighted by molar-refractivity contribution is 7.92. The van der Waals surface area contributed by atoms with Gasteiger partial charge >= 0.3 is 0 Å². The number of sulfonamides is 1. The highest BCUT2D eigenvalue weighted by Gasteiger charge is 2.07. The lowest BCUT2D eigenvalue weighted by Gasteiger charge is -2.08. The van der Waals surface area contributed by atoms with Gasteiger partial charge in [0.25, 0.3) is 0 Å². The first-order chi connectivity index (χ1) is 10.6. The molecule has 2 N–H and O–H groups in total. The molecule has 0 aliphatic heterocycles. The van der Waals surface area contributed by atoms with Crippen molar-refractivity contribution < 1.29 is 8.42 Å². The van der Waals surface area contributed by atoms with E-state index in [4.69, 9.17) is 0 Å². The van der Waals surface area contributed by atoms with Crippen LogP contribution in [0.25, 0.3) is 0 Å². The van der Waals surface area contributed by atoms with Crippen molar-refractivity contribution in [1.29, 1.82) is 0 Å². The fourth-order valence-electron chi connectivity index (χ4n) is 1.96. The Morgan fingerprint density at radius 1 is 1.09 bits per heavy atom. The van der Waals surface area contributed by atoms with E-state index in [0.717, 1.165) is 25.1 Å². The first-order valence-electron chi connectivity index (χ1n) is 7.33. The molecule has 0 atom stereocenters. The van der Waals surface area contributed by atoms with E-state index < -0.39 is 10.0 Å². The van der Waals surface area contributed by atoms with Crippen molar-refractivity contribution in [3.8, 4) is 0 Å². The van der Waals surface area contributed by atoms with Gasteiger partial charge in [-0.15, -0.1) is 0 Å². The van der Waals surface area contributed by atoms with Gasteiger partial charge in [0.15, 0.2) is 0 Å². The molecule has 22 heavy (non-hydrogen) atoms. The zero-order valence-electron chi connectivity index (χ0n) is 12.6. The molecular weight excluding hydrogens is 298 g/mol. The summed E-state index contributed by atoms with van der Waals surface area (Å²) in [6.07, 6.45) is 3.68. The van der Waals surface area contributed by atoms with Crippen LogP contribution in [0.2, 0.25) is 0 Å². The molecule has 0 radical (unpaired) electrons. The Balaban J connectivity index is 1.77. The molecule has 0 saturated heterocycles. The zero-order valence-corrected chi connectivity index (χ0v) is 13.4. The molecule has 0 bridgehead atoms. The molecular formula is C16H21N3O2S. The topological polar surface area (TPSA) is 71.1 Å². The van der Waals surface area contributed by atoms with E-state index >= 15 is 0 Å². The van der Waals surface area contributed by atoms with E-state index in [1.807, 2.05) is 24.3 Å². The Morgan fingerprint density at radius 2 is 1.86 bits per heavy atom. The lowest BCUT2D eigenvalue weighted by molar-refractivity contribution is 0.602. The van der Waals surface area contributed by atoms with Crippen LogP contribution >= 0.6 is 0 Å². The van der Waals surface area contributed by atoms with Gasteiger partial charge in [0.05, 0.1) is 17.6 Å². The van der Waals surface area contributed by atoms with E-state index in [0.29, 0.717) is 5.82 Å². The predicted molar refractivity (Wildman–Crippen MR) is 90.6 cm³/mol. The lowest BCUT2D eigenvalue weighted by Crippen LogP contribution is -2.15. The van der Waals surface area contributed by atoms with Crippen LogP contribution in [0.1, 0.15) is 18.9 Å². The van der Waals surface area contributed by atoms with Crippen LogP contribution in [-0.2, 0) is 16.4 Å². The lowest BCUT2D eigenvalue weighted by atomic mass is 10.1. The molecule has 118 valence electrons. The molecule has 0 saturated carbocycles. The van der Waals surface area contributed by atoms with E-state index in [9.17, 15) is 8.42 Å². The van der Waals surface area contributed by atoms with Gasteiger partial charge in [0, 0.05) is 6.54 Å². The average molecular weight is 319 g/mol. The number of hydrogen-bond donors (Lipinski definition) is 2. The maximum Gasteiger partial charge on any atom is 0.233 e. The normalized spacial score (nSPS) is 11.1. The largest absolute Gasteiger partial charge is 0.384 e. The summed E-state index contributed by atoms with van der Waals surface area (Å²) in [5.41, 5.74) is 2.21. The average Bonchev–Trinajstić information content (AvgIpc) is 2.54. The van der Waals surface area contributed by atoms with Crippen LogP contribution < -0.4 is 10.0 Å². The number of hydrogen-bond acceptors (Lipinski definition) is 4. The van der Waals surface area contributed by atoms with Crippen LogP contribution in [-0.4, -0.2) is 25.7 Å². The number of aromatic nitrogens is 1. The first-order valence-corrected chi connectivity index (χ1v) is 8.98. The van der Waals surface area contributed by atoms with Gasteiger partial charge in [-0.25, -0.2) is 13.4 Å². The van der Waals surface area contributed by atoms with Crippen molar-refractivity contribution in [1.82, 2.24) is 4.98 Å². The molecule has 2 rings (SSSR count). The number of anilines is 2. The van der Waals surface area contributed by atoms with Crippen LogP contribution in [0, 0.1) is 0 Å². The van der Waals surface area contributed by atoms with Crippen LogP contribution in [0.3, 0.4) is 0 Å². The van der Waals surface area contributed by atoms with Gasteiger partial charge in [-0.2, -0.15) is 0 Å². The molecule has 5 nitrogen and oxygen atoms in total. The van der Waals surface area contributed by atoms with Crippen molar-refractivity contribution >= 4 is 21.5 Å². The third-order valence-corrected chi connectivity index (χ3v) is 4.50. The van der Waals surface area contributed by atoms with Crippen molar-refractivity contribution in [2.75, 3.05) is 22.3 Å². The quantitative estimate of drug-likeness (QED) is 0.734. The Morgan fingerprint density at radius 3 is 2.50 bits per heavy atom. The number of aryl methyl sites for hydroxylation is 1. The maximum atomic E-state index is 11.4. The molecule has 0 unspecified atom stereocenters. The fraction of sp³-hybridized carbons (Fsp3) is 0.312. The van der Waals surface area contributed by atoms with Crippen molar-refractivity contribution in [3.63, 3.8) is 0 Å². The number of nitrogens with one attached hydrogen (secondary N) is 2. The van der Waals surface area contributed by atoms with Gasteiger partial charge in [-0.3, -0.25) is 4.72 Å². The molecule has 0 amide bonds. The number of benzene rings is 1. The minimum absolute atomic E-state index is 0.0359. The summed E-state index contributed by atoms with van der Waals surface area (Å²) in [6, 6.07) is 13.8. The highest BCUT2D eigenvalue weighted by atomic mass is 32.2. The number of nitrogens with zero attached hydrogens (tertiary/aromatic N) is 1. The summed E-state index contributed by atoms with van der Waals surface area (Å²) in [6.45, 7) is 2.43. The van der Waals surface area contributed by atoms with E-state index in [1.165, 1.54) is 5.56 Å². The van der Waals surface area contributed by atoms with Crippen molar-refractivity contribution in [2.45, 2.75) is 19.8 Å². The van der Waals surface area contributed by atoms with Gasteiger partial charge < -0.3 is 5.32 Å². The Labute approximate surface area is 131 Å². The second-order valence-electron chi connectivity index (χ2n) is 4.95. The molecule has 0 aliphatic carbocycles. The standard InChI is InChI=1S/C16H21N3O2S/c1-2-22(20,21)19-16-11-10-15(13-18-16)17-12-6-9-14-7-4-3-5-8-14/h3-5,7-8,10-11,13,17H,2,6,9,12H2,1H3,(H,18,19). The van der Waals surface area contributed by atoms with Gasteiger partial charge in [0.2, 0.25) is 10.0 Å². The molecule has 1 aromatic carbocycles. The van der Waals surface area contributed by atoms with Gasteiger partial charge in [-0.1, -0.05) is 30.3 Å². The summed E-state index contributed by atoms with van der Waals surface area (Å²) in [5, 5.41) is 3.28. The van der Waals surface area contributed by atoms with Crippen LogP contribution in [0.5, 0.6) is 0 Å². The molecule has 2 aromatic rings. The third kappa shape index (κ3) is 5.37. The third-order valence-electron chi connectivity index (χ3n) is 3.22. The van der Waals surface area contributed by atoms with E-state index in [1.54, 1.807) is 19.2 Å². The molecule has 6 heteroatoms. The Hall–Kier alpha value is -2.08. The Bertz CT molecular complexity index is 670. The molecule has 0 aliphatic rings. The monoisotopic (exact) mass is 319 g/mol. The summed E-state index contributed by atoms with van der Waals surface area (Å²) in [5.74, 6) is 0.380. The number of rotatable bonds is 8. The molecule has 0 spiro atoms. The fourth-order valence-corrected chi connectivity index (χ4v) is 2.54. The zero-order chi connectivity index (χ0) is 15.8. The summed E-state index contributed by atoms with van der Waals surface area (Å²) in [7, 11) is -3.27. The van der Waals surface area contributed by atoms with Gasteiger partial charge in [-0.05, 0) is 37.5 Å².